The van der Waals surface area contributed by atoms with Crippen LogP contribution < -0.4 is 5.43 Å². The summed E-state index contributed by atoms with van der Waals surface area (Å²) in [5, 5.41) is 1.22. The molecule has 1 aromatic heterocycles. The van der Waals surface area contributed by atoms with Gasteiger partial charge < -0.3 is 9.88 Å². The van der Waals surface area contributed by atoms with Crippen LogP contribution in [0.25, 0.3) is 21.8 Å². The first-order chi connectivity index (χ1) is 14.6. The molecule has 1 aliphatic carbocycles. The number of fused-ring (bicyclic) bond motifs is 3. The second-order valence-corrected chi connectivity index (χ2v) is 8.83. The third kappa shape index (κ3) is 2.53. The van der Waals surface area contributed by atoms with Crippen LogP contribution in [-0.4, -0.2) is 28.9 Å². The average Bonchev–Trinajstić information content (AvgIpc) is 3.36. The zero-order valence-electron chi connectivity index (χ0n) is 16.7. The molecule has 2 heterocycles. The van der Waals surface area contributed by atoms with Crippen molar-refractivity contribution < 1.29 is 4.79 Å². The summed E-state index contributed by atoms with van der Waals surface area (Å²) in [6.45, 7) is 1.54. The lowest BCUT2D eigenvalue weighted by molar-refractivity contribution is 0.0775. The summed E-state index contributed by atoms with van der Waals surface area (Å²) >= 11 is 0. The number of amides is 1. The summed E-state index contributed by atoms with van der Waals surface area (Å²) in [7, 11) is 0. The predicted octanol–water partition coefficient (Wildman–Crippen LogP) is 4.31. The van der Waals surface area contributed by atoms with Gasteiger partial charge >= 0.3 is 0 Å². The van der Waals surface area contributed by atoms with Crippen LogP contribution in [0, 0.1) is 5.41 Å². The molecular formula is C26H22N2O2. The molecule has 0 bridgehead atoms. The van der Waals surface area contributed by atoms with Gasteiger partial charge in [0.25, 0.3) is 5.91 Å². The van der Waals surface area contributed by atoms with Gasteiger partial charge in [-0.15, -0.1) is 0 Å². The Morgan fingerprint density at radius 1 is 0.867 bits per heavy atom. The van der Waals surface area contributed by atoms with E-state index in [9.17, 15) is 9.59 Å². The van der Waals surface area contributed by atoms with E-state index in [2.05, 4.69) is 29.2 Å². The number of pyridine rings is 1. The summed E-state index contributed by atoms with van der Waals surface area (Å²) < 4.78 is 0. The normalized spacial score (nSPS) is 17.1. The molecule has 6 rings (SSSR count). The van der Waals surface area contributed by atoms with Gasteiger partial charge in [-0.3, -0.25) is 9.59 Å². The zero-order valence-corrected chi connectivity index (χ0v) is 16.7. The number of benzene rings is 3. The molecule has 3 aromatic carbocycles. The van der Waals surface area contributed by atoms with E-state index in [1.807, 2.05) is 41.3 Å². The quantitative estimate of drug-likeness (QED) is 0.489. The monoisotopic (exact) mass is 394 g/mol. The van der Waals surface area contributed by atoms with E-state index < -0.39 is 0 Å². The van der Waals surface area contributed by atoms with Gasteiger partial charge in [0.1, 0.15) is 0 Å². The summed E-state index contributed by atoms with van der Waals surface area (Å²) in [6.07, 6.45) is 3.12. The molecule has 0 atom stereocenters. The van der Waals surface area contributed by atoms with E-state index >= 15 is 0 Å². The molecule has 2 aliphatic rings. The Morgan fingerprint density at radius 2 is 1.57 bits per heavy atom. The molecule has 1 N–H and O–H groups in total. The van der Waals surface area contributed by atoms with Crippen molar-refractivity contribution in [3.05, 3.63) is 93.6 Å². The Morgan fingerprint density at radius 3 is 2.37 bits per heavy atom. The van der Waals surface area contributed by atoms with Crippen molar-refractivity contribution in [2.24, 2.45) is 5.41 Å². The number of aromatic nitrogens is 1. The maximum absolute atomic E-state index is 13.5. The lowest BCUT2D eigenvalue weighted by Crippen LogP contribution is -2.33. The lowest BCUT2D eigenvalue weighted by Gasteiger charge is -2.24. The molecule has 1 spiro atoms. The highest BCUT2D eigenvalue weighted by Gasteiger charge is 2.44. The Labute approximate surface area is 174 Å². The predicted molar refractivity (Wildman–Crippen MR) is 119 cm³/mol. The van der Waals surface area contributed by atoms with Crippen molar-refractivity contribution in [1.29, 1.82) is 0 Å². The van der Waals surface area contributed by atoms with Crippen molar-refractivity contribution in [2.75, 3.05) is 13.1 Å². The first-order valence-corrected chi connectivity index (χ1v) is 10.5. The van der Waals surface area contributed by atoms with Gasteiger partial charge in [0.05, 0.1) is 11.1 Å². The van der Waals surface area contributed by atoms with Gasteiger partial charge in [-0.2, -0.15) is 0 Å². The Kier molecular flexibility index (Phi) is 3.66. The summed E-state index contributed by atoms with van der Waals surface area (Å²) in [5.41, 5.74) is 4.96. The van der Waals surface area contributed by atoms with Crippen LogP contribution in [0.5, 0.6) is 0 Å². The standard InChI is InChI=1S/C26H22N2O2/c29-24-19-8-3-4-11-22(19)27-23-20(24)9-5-10-21(23)25(30)28-13-12-26(16-28)14-17-6-1-2-7-18(17)15-26/h1-11H,12-16H2,(H,27,29). The Balaban J connectivity index is 1.38. The van der Waals surface area contributed by atoms with Gasteiger partial charge in [-0.05, 0) is 60.1 Å². The maximum atomic E-state index is 13.5. The number of hydrogen-bond donors (Lipinski definition) is 1. The topological polar surface area (TPSA) is 53.2 Å². The molecule has 0 unspecified atom stereocenters. The number of carbonyl (C=O) groups excluding carboxylic acids is 1. The van der Waals surface area contributed by atoms with Crippen LogP contribution in [0.1, 0.15) is 27.9 Å². The molecule has 1 fully saturated rings. The number of carbonyl (C=O) groups is 1. The maximum Gasteiger partial charge on any atom is 0.256 e. The highest BCUT2D eigenvalue weighted by atomic mass is 16.2. The fraction of sp³-hybridized carbons (Fsp3) is 0.231. The van der Waals surface area contributed by atoms with Crippen molar-refractivity contribution in [3.63, 3.8) is 0 Å². The van der Waals surface area contributed by atoms with Gasteiger partial charge in [0.15, 0.2) is 5.43 Å². The van der Waals surface area contributed by atoms with Gasteiger partial charge in [0, 0.05) is 29.4 Å². The fourth-order valence-electron chi connectivity index (χ4n) is 5.46. The molecule has 0 radical (unpaired) electrons. The minimum absolute atomic E-state index is 0.0133. The largest absolute Gasteiger partial charge is 0.354 e. The fourth-order valence-corrected chi connectivity index (χ4v) is 5.46. The van der Waals surface area contributed by atoms with E-state index in [0.29, 0.717) is 21.9 Å². The van der Waals surface area contributed by atoms with Gasteiger partial charge in [-0.1, -0.05) is 42.5 Å². The third-order valence-electron chi connectivity index (χ3n) is 6.95. The molecule has 4 nitrogen and oxygen atoms in total. The van der Waals surface area contributed by atoms with Crippen LogP contribution in [-0.2, 0) is 12.8 Å². The molecule has 1 amide bonds. The molecule has 0 saturated carbocycles. The minimum Gasteiger partial charge on any atom is -0.354 e. The number of likely N-dealkylation sites (tertiary alicyclic amines) is 1. The van der Waals surface area contributed by atoms with E-state index in [4.69, 9.17) is 0 Å². The van der Waals surface area contributed by atoms with Gasteiger partial charge in [0.2, 0.25) is 0 Å². The van der Waals surface area contributed by atoms with Crippen molar-refractivity contribution in [1.82, 2.24) is 9.88 Å². The van der Waals surface area contributed by atoms with E-state index in [0.717, 1.165) is 37.9 Å². The number of para-hydroxylation sites is 2. The van der Waals surface area contributed by atoms with E-state index in [-0.39, 0.29) is 16.8 Å². The average molecular weight is 394 g/mol. The highest BCUT2D eigenvalue weighted by Crippen LogP contribution is 2.44. The summed E-state index contributed by atoms with van der Waals surface area (Å²) in [6, 6.07) is 21.6. The van der Waals surface area contributed by atoms with Gasteiger partial charge in [-0.25, -0.2) is 0 Å². The van der Waals surface area contributed by atoms with Crippen molar-refractivity contribution >= 4 is 27.7 Å². The molecule has 1 aliphatic heterocycles. The Hall–Kier alpha value is -3.40. The van der Waals surface area contributed by atoms with Crippen LogP contribution in [0.3, 0.4) is 0 Å². The third-order valence-corrected chi connectivity index (χ3v) is 6.95. The number of nitrogens with zero attached hydrogens (tertiary/aromatic N) is 1. The van der Waals surface area contributed by atoms with Crippen molar-refractivity contribution in [3.8, 4) is 0 Å². The number of rotatable bonds is 1. The molecule has 1 saturated heterocycles. The zero-order chi connectivity index (χ0) is 20.3. The lowest BCUT2D eigenvalue weighted by atomic mass is 9.84. The van der Waals surface area contributed by atoms with E-state index in [1.54, 1.807) is 6.07 Å². The first kappa shape index (κ1) is 17.5. The first-order valence-electron chi connectivity index (χ1n) is 10.5. The second-order valence-electron chi connectivity index (χ2n) is 8.83. The number of H-pyrrole nitrogens is 1. The van der Waals surface area contributed by atoms with E-state index in [1.165, 1.54) is 11.1 Å². The molecule has 148 valence electrons. The SMILES string of the molecule is O=C(c1cccc2c(=O)c3ccccc3[nH]c12)N1CCC2(Cc3ccccc3C2)C1. The Bertz CT molecular complexity index is 1360. The summed E-state index contributed by atoms with van der Waals surface area (Å²) in [5.74, 6) is 0.0133. The second kappa shape index (κ2) is 6.30. The number of nitrogens with one attached hydrogen (secondary N) is 1. The van der Waals surface area contributed by atoms with Crippen LogP contribution in [0.2, 0.25) is 0 Å². The van der Waals surface area contributed by atoms with Crippen LogP contribution in [0.15, 0.2) is 71.5 Å². The minimum atomic E-state index is -0.0295. The van der Waals surface area contributed by atoms with Crippen LogP contribution in [0.4, 0.5) is 0 Å². The summed E-state index contributed by atoms with van der Waals surface area (Å²) in [4.78, 5) is 31.8. The smallest absolute Gasteiger partial charge is 0.256 e. The highest BCUT2D eigenvalue weighted by molar-refractivity contribution is 6.07. The molecule has 30 heavy (non-hydrogen) atoms. The van der Waals surface area contributed by atoms with Crippen LogP contribution >= 0.6 is 0 Å². The molecule has 4 heteroatoms. The molecule has 4 aromatic rings. The number of hydrogen-bond acceptors (Lipinski definition) is 2. The molecular weight excluding hydrogens is 372 g/mol. The van der Waals surface area contributed by atoms with Crippen molar-refractivity contribution in [2.45, 2.75) is 19.3 Å². The number of aromatic amines is 1.